The molecule has 0 heterocycles. The van der Waals surface area contributed by atoms with Crippen LogP contribution in [0.1, 0.15) is 15.9 Å². The van der Waals surface area contributed by atoms with E-state index in [4.69, 9.17) is 5.11 Å². The second kappa shape index (κ2) is 5.69. The number of hydrogen-bond acceptors (Lipinski definition) is 2. The number of aromatic carboxylic acids is 1. The summed E-state index contributed by atoms with van der Waals surface area (Å²) in [7, 11) is 0. The smallest absolute Gasteiger partial charge is 0.335 e. The highest BCUT2D eigenvalue weighted by atomic mass is 32.2. The van der Waals surface area contributed by atoms with Crippen molar-refractivity contribution in [1.82, 2.24) is 0 Å². The molecule has 1 N–H and O–H groups in total. The second-order valence-corrected chi connectivity index (χ2v) is 4.80. The molecule has 4 heteroatoms. The lowest BCUT2D eigenvalue weighted by Crippen LogP contribution is -1.98. The largest absolute Gasteiger partial charge is 0.478 e. The molecular weight excluding hydrogens is 251 g/mol. The SMILES string of the molecule is O=C(O)c1cc(F)cc(CSc2ccccc2)c1. The summed E-state index contributed by atoms with van der Waals surface area (Å²) in [5.74, 6) is -1.08. The van der Waals surface area contributed by atoms with E-state index in [2.05, 4.69) is 0 Å². The number of rotatable bonds is 4. The van der Waals surface area contributed by atoms with E-state index in [9.17, 15) is 9.18 Å². The van der Waals surface area contributed by atoms with E-state index in [1.54, 1.807) is 11.8 Å². The van der Waals surface area contributed by atoms with Crippen molar-refractivity contribution in [2.45, 2.75) is 10.6 Å². The van der Waals surface area contributed by atoms with Crippen LogP contribution in [0.4, 0.5) is 4.39 Å². The van der Waals surface area contributed by atoms with Gasteiger partial charge in [-0.1, -0.05) is 18.2 Å². The zero-order chi connectivity index (χ0) is 13.0. The Labute approximate surface area is 108 Å². The number of carbonyl (C=O) groups is 1. The van der Waals surface area contributed by atoms with Gasteiger partial charge in [-0.2, -0.15) is 0 Å². The Morgan fingerprint density at radius 3 is 2.56 bits per heavy atom. The topological polar surface area (TPSA) is 37.3 Å². The third-order valence-corrected chi connectivity index (χ3v) is 3.44. The van der Waals surface area contributed by atoms with Gasteiger partial charge in [-0.05, 0) is 35.9 Å². The molecule has 2 rings (SSSR count). The van der Waals surface area contributed by atoms with E-state index in [1.165, 1.54) is 12.1 Å². The van der Waals surface area contributed by atoms with E-state index < -0.39 is 11.8 Å². The predicted octanol–water partition coefficient (Wildman–Crippen LogP) is 3.82. The lowest BCUT2D eigenvalue weighted by Gasteiger charge is -2.04. The lowest BCUT2D eigenvalue weighted by atomic mass is 10.1. The van der Waals surface area contributed by atoms with Gasteiger partial charge in [0.05, 0.1) is 5.56 Å². The second-order valence-electron chi connectivity index (χ2n) is 3.76. The van der Waals surface area contributed by atoms with Crippen LogP contribution in [0.3, 0.4) is 0 Å². The number of hydrogen-bond donors (Lipinski definition) is 1. The van der Waals surface area contributed by atoms with Gasteiger partial charge in [0.15, 0.2) is 0 Å². The minimum Gasteiger partial charge on any atom is -0.478 e. The Bertz CT molecular complexity index is 555. The van der Waals surface area contributed by atoms with Crippen LogP contribution in [0.2, 0.25) is 0 Å². The number of carboxylic acid groups (broad SMARTS) is 1. The quantitative estimate of drug-likeness (QED) is 0.851. The number of thioether (sulfide) groups is 1. The Morgan fingerprint density at radius 2 is 1.89 bits per heavy atom. The van der Waals surface area contributed by atoms with Gasteiger partial charge in [-0.3, -0.25) is 0 Å². The first-order valence-electron chi connectivity index (χ1n) is 5.36. The molecule has 92 valence electrons. The highest BCUT2D eigenvalue weighted by Gasteiger charge is 2.07. The standard InChI is InChI=1S/C14H11FO2S/c15-12-7-10(6-11(8-12)14(16)17)9-18-13-4-2-1-3-5-13/h1-8H,9H2,(H,16,17). The monoisotopic (exact) mass is 262 g/mol. The van der Waals surface area contributed by atoms with E-state index in [0.29, 0.717) is 11.3 Å². The minimum atomic E-state index is -1.11. The van der Waals surface area contributed by atoms with E-state index in [1.807, 2.05) is 30.3 Å². The normalized spacial score (nSPS) is 10.3. The van der Waals surface area contributed by atoms with Crippen molar-refractivity contribution in [3.05, 3.63) is 65.5 Å². The van der Waals surface area contributed by atoms with Crippen molar-refractivity contribution in [3.63, 3.8) is 0 Å². The number of benzene rings is 2. The summed E-state index contributed by atoms with van der Waals surface area (Å²) in [5.41, 5.74) is 0.653. The maximum absolute atomic E-state index is 13.2. The Hall–Kier alpha value is -1.81. The first kappa shape index (κ1) is 12.6. The van der Waals surface area contributed by atoms with E-state index >= 15 is 0 Å². The summed E-state index contributed by atoms with van der Waals surface area (Å²) in [6.07, 6.45) is 0. The molecule has 2 nitrogen and oxygen atoms in total. The maximum atomic E-state index is 13.2. The van der Waals surface area contributed by atoms with Gasteiger partial charge in [0.1, 0.15) is 5.82 Å². The zero-order valence-corrected chi connectivity index (χ0v) is 10.3. The van der Waals surface area contributed by atoms with Gasteiger partial charge >= 0.3 is 5.97 Å². The number of carboxylic acids is 1. The fourth-order valence-electron chi connectivity index (χ4n) is 1.54. The van der Waals surface area contributed by atoms with Gasteiger partial charge in [0.25, 0.3) is 0 Å². The van der Waals surface area contributed by atoms with Crippen LogP contribution in [0.25, 0.3) is 0 Å². The van der Waals surface area contributed by atoms with Crippen LogP contribution in [0, 0.1) is 5.82 Å². The fraction of sp³-hybridized carbons (Fsp3) is 0.0714. The van der Waals surface area contributed by atoms with Gasteiger partial charge in [0, 0.05) is 10.6 Å². The molecule has 0 amide bonds. The first-order valence-corrected chi connectivity index (χ1v) is 6.34. The van der Waals surface area contributed by atoms with Gasteiger partial charge in [0.2, 0.25) is 0 Å². The first-order chi connectivity index (χ1) is 8.65. The van der Waals surface area contributed by atoms with Crippen LogP contribution in [-0.4, -0.2) is 11.1 Å². The molecule has 0 aliphatic carbocycles. The molecule has 2 aromatic rings. The fourth-order valence-corrected chi connectivity index (χ4v) is 2.39. The summed E-state index contributed by atoms with van der Waals surface area (Å²) in [4.78, 5) is 11.9. The highest BCUT2D eigenvalue weighted by molar-refractivity contribution is 7.98. The predicted molar refractivity (Wildman–Crippen MR) is 69.4 cm³/mol. The van der Waals surface area contributed by atoms with E-state index in [-0.39, 0.29) is 5.56 Å². The Morgan fingerprint density at radius 1 is 1.17 bits per heavy atom. The lowest BCUT2D eigenvalue weighted by molar-refractivity contribution is 0.0696. The van der Waals surface area contributed by atoms with Crippen molar-refractivity contribution in [2.75, 3.05) is 0 Å². The minimum absolute atomic E-state index is 0.0151. The van der Waals surface area contributed by atoms with Crippen molar-refractivity contribution in [3.8, 4) is 0 Å². The van der Waals surface area contributed by atoms with Crippen LogP contribution in [0.5, 0.6) is 0 Å². The molecule has 0 saturated heterocycles. The average molecular weight is 262 g/mol. The summed E-state index contributed by atoms with van der Waals surface area (Å²) in [5, 5.41) is 8.85. The molecule has 0 aromatic heterocycles. The van der Waals surface area contributed by atoms with E-state index in [0.717, 1.165) is 11.0 Å². The molecule has 0 atom stereocenters. The van der Waals surface area contributed by atoms with Crippen LogP contribution >= 0.6 is 11.8 Å². The average Bonchev–Trinajstić information content (AvgIpc) is 2.37. The third-order valence-electron chi connectivity index (χ3n) is 2.35. The van der Waals surface area contributed by atoms with Gasteiger partial charge in [-0.25, -0.2) is 9.18 Å². The number of halogens is 1. The molecule has 0 fully saturated rings. The molecule has 0 spiro atoms. The molecule has 18 heavy (non-hydrogen) atoms. The molecule has 0 bridgehead atoms. The van der Waals surface area contributed by atoms with Crippen molar-refractivity contribution in [1.29, 1.82) is 0 Å². The molecule has 0 aliphatic rings. The van der Waals surface area contributed by atoms with Crippen molar-refractivity contribution >= 4 is 17.7 Å². The molecule has 0 radical (unpaired) electrons. The molecular formula is C14H11FO2S. The summed E-state index contributed by atoms with van der Waals surface area (Å²) < 4.78 is 13.2. The third kappa shape index (κ3) is 3.34. The molecule has 2 aromatic carbocycles. The molecule has 0 aliphatic heterocycles. The zero-order valence-electron chi connectivity index (χ0n) is 9.47. The summed E-state index contributed by atoms with van der Waals surface area (Å²) in [6, 6.07) is 13.6. The molecule has 0 unspecified atom stereocenters. The van der Waals surface area contributed by atoms with Crippen LogP contribution in [0.15, 0.2) is 53.4 Å². The maximum Gasteiger partial charge on any atom is 0.335 e. The van der Waals surface area contributed by atoms with Crippen molar-refractivity contribution in [2.24, 2.45) is 0 Å². The Balaban J connectivity index is 2.12. The van der Waals surface area contributed by atoms with Gasteiger partial charge < -0.3 is 5.11 Å². The summed E-state index contributed by atoms with van der Waals surface area (Å²) >= 11 is 1.54. The van der Waals surface area contributed by atoms with Crippen molar-refractivity contribution < 1.29 is 14.3 Å². The van der Waals surface area contributed by atoms with Crippen LogP contribution < -0.4 is 0 Å². The Kier molecular flexibility index (Phi) is 3.99. The molecule has 0 saturated carbocycles. The highest BCUT2D eigenvalue weighted by Crippen LogP contribution is 2.23. The van der Waals surface area contributed by atoms with Crippen LogP contribution in [-0.2, 0) is 5.75 Å². The summed E-state index contributed by atoms with van der Waals surface area (Å²) in [6.45, 7) is 0. The van der Waals surface area contributed by atoms with Gasteiger partial charge in [-0.15, -0.1) is 11.8 Å².